The first-order chi connectivity index (χ1) is 12.3. The fraction of sp³-hybridized carbons (Fsp3) is 0.105. The number of benzene rings is 1. The van der Waals surface area contributed by atoms with Gasteiger partial charge in [-0.15, -0.1) is 0 Å². The maximum Gasteiger partial charge on any atom is 0.0886 e. The Balaban J connectivity index is 0.000000229. The molecule has 0 amide bonds. The van der Waals surface area contributed by atoms with Crippen LogP contribution in [0.25, 0.3) is 11.4 Å². The Labute approximate surface area is 169 Å². The predicted octanol–water partition coefficient (Wildman–Crippen LogP) is 4.69. The van der Waals surface area contributed by atoms with Crippen LogP contribution in [0.5, 0.6) is 0 Å². The molecule has 3 aromatic rings. The molecule has 0 bridgehead atoms. The monoisotopic (exact) mass is 538 g/mol. The maximum atomic E-state index is 11.0. The van der Waals surface area contributed by atoms with Gasteiger partial charge in [-0.25, -0.2) is 4.79 Å². The van der Waals surface area contributed by atoms with Crippen LogP contribution in [0.15, 0.2) is 73.1 Å². The number of hydrogen-bond donors (Lipinski definition) is 0. The van der Waals surface area contributed by atoms with Gasteiger partial charge in [0.15, 0.2) is 0 Å². The molecule has 4 nitrogen and oxygen atoms in total. The van der Waals surface area contributed by atoms with Crippen LogP contribution in [0, 0.1) is 6.07 Å². The van der Waals surface area contributed by atoms with Crippen molar-refractivity contribution in [1.29, 1.82) is 0 Å². The molecule has 25 heavy (non-hydrogen) atoms. The molecule has 0 unspecified atom stereocenters. The number of halogens is 1. The van der Waals surface area contributed by atoms with Gasteiger partial charge >= 0.3 is 41.1 Å². The molecular formula is C19H17IN2O2Pd. The summed E-state index contributed by atoms with van der Waals surface area (Å²) in [4.78, 5) is 19.4. The SMILES string of the molecule is CCOC(=O)c1cc[c-]cc1.[Pd+][I].c1ccc(-c2ccccn2)nc1. The van der Waals surface area contributed by atoms with Gasteiger partial charge in [-0.2, -0.15) is 30.3 Å². The topological polar surface area (TPSA) is 52.1 Å². The minimum Gasteiger partial charge on any atom is -0.255 e. The largest absolute Gasteiger partial charge is 0.255 e. The number of carbonyl (C=O) groups excluding carboxylic acids is 1. The van der Waals surface area contributed by atoms with Crippen molar-refractivity contribution in [2.24, 2.45) is 0 Å². The van der Waals surface area contributed by atoms with Crippen molar-refractivity contribution in [3.63, 3.8) is 0 Å². The molecule has 0 aliphatic heterocycles. The molecule has 132 valence electrons. The molecule has 0 aliphatic rings. The number of rotatable bonds is 3. The Hall–Kier alpha value is -1.62. The van der Waals surface area contributed by atoms with Gasteiger partial charge in [0.25, 0.3) is 0 Å². The van der Waals surface area contributed by atoms with Gasteiger partial charge in [-0.3, -0.25) is 9.97 Å². The summed E-state index contributed by atoms with van der Waals surface area (Å²) in [7, 11) is 0. The van der Waals surface area contributed by atoms with E-state index in [0.29, 0.717) is 12.2 Å². The summed E-state index contributed by atoms with van der Waals surface area (Å²) in [6.45, 7) is 2.20. The van der Waals surface area contributed by atoms with Gasteiger partial charge in [0, 0.05) is 12.4 Å². The summed E-state index contributed by atoms with van der Waals surface area (Å²) in [5.74, 6) is -0.276. The number of ether oxygens (including phenoxy) is 1. The molecule has 1 aromatic carbocycles. The second-order valence-corrected chi connectivity index (χ2v) is 4.44. The fourth-order valence-electron chi connectivity index (χ4n) is 1.77. The molecule has 2 heterocycles. The maximum absolute atomic E-state index is 11.0. The molecule has 0 atom stereocenters. The van der Waals surface area contributed by atoms with Crippen LogP contribution in [0.3, 0.4) is 0 Å². The summed E-state index contributed by atoms with van der Waals surface area (Å²) in [6, 6.07) is 21.1. The van der Waals surface area contributed by atoms with Gasteiger partial charge < -0.3 is 4.74 Å². The van der Waals surface area contributed by atoms with E-state index in [2.05, 4.69) is 31.6 Å². The van der Waals surface area contributed by atoms with Crippen LogP contribution in [0.4, 0.5) is 0 Å². The quantitative estimate of drug-likeness (QED) is 0.210. The Morgan fingerprint density at radius 2 is 1.52 bits per heavy atom. The van der Waals surface area contributed by atoms with Gasteiger partial charge in [-0.1, -0.05) is 12.1 Å². The number of nitrogens with zero attached hydrogens (tertiary/aromatic N) is 2. The van der Waals surface area contributed by atoms with Gasteiger partial charge in [-0.05, 0) is 36.8 Å². The van der Waals surface area contributed by atoms with E-state index in [1.54, 1.807) is 43.6 Å². The third kappa shape index (κ3) is 8.34. The van der Waals surface area contributed by atoms with E-state index in [-0.39, 0.29) is 5.97 Å². The molecule has 0 saturated heterocycles. The van der Waals surface area contributed by atoms with Crippen LogP contribution in [0.1, 0.15) is 17.3 Å². The Morgan fingerprint density at radius 3 is 1.92 bits per heavy atom. The van der Waals surface area contributed by atoms with E-state index in [9.17, 15) is 4.79 Å². The molecule has 0 spiro atoms. The van der Waals surface area contributed by atoms with E-state index in [4.69, 9.17) is 4.74 Å². The summed E-state index contributed by atoms with van der Waals surface area (Å²) in [6.07, 6.45) is 3.54. The van der Waals surface area contributed by atoms with Crippen LogP contribution < -0.4 is 0 Å². The molecule has 0 fully saturated rings. The van der Waals surface area contributed by atoms with E-state index < -0.39 is 0 Å². The molecule has 0 saturated carbocycles. The molecule has 0 N–H and O–H groups in total. The van der Waals surface area contributed by atoms with Gasteiger partial charge in [0.2, 0.25) is 0 Å². The zero-order valence-electron chi connectivity index (χ0n) is 13.5. The zero-order valence-corrected chi connectivity index (χ0v) is 17.3. The molecule has 2 aromatic heterocycles. The predicted molar refractivity (Wildman–Crippen MR) is 103 cm³/mol. The van der Waals surface area contributed by atoms with Crippen molar-refractivity contribution in [3.05, 3.63) is 84.7 Å². The Morgan fingerprint density at radius 1 is 1.00 bits per heavy atom. The van der Waals surface area contributed by atoms with E-state index in [1.165, 1.54) is 0 Å². The van der Waals surface area contributed by atoms with Gasteiger partial charge in [0.05, 0.1) is 18.0 Å². The minimum atomic E-state index is -0.276. The first kappa shape index (κ1) is 21.4. The fourth-order valence-corrected chi connectivity index (χ4v) is 1.77. The number of esters is 1. The standard InChI is InChI=1S/C10H8N2.C9H9O2.HI.Pd/c1-3-7-11-9(5-1)10-6-2-4-8-12-10;1-2-11-9(10)8-6-4-3-5-7-8;;/h1-8H;4-7H,2H2,1H3;1H;/q;-1;;+2/p-1. The molecule has 6 heteroatoms. The summed E-state index contributed by atoms with van der Waals surface area (Å²) < 4.78 is 4.78. The van der Waals surface area contributed by atoms with Crippen LogP contribution in [-0.4, -0.2) is 22.5 Å². The smallest absolute Gasteiger partial charge is 0.0886 e. The summed E-state index contributed by atoms with van der Waals surface area (Å²) >= 11 is 4.72. The van der Waals surface area contributed by atoms with E-state index >= 15 is 0 Å². The molecular weight excluding hydrogens is 522 g/mol. The number of pyridine rings is 2. The third-order valence-electron chi connectivity index (χ3n) is 2.82. The summed E-state index contributed by atoms with van der Waals surface area (Å²) in [5, 5.41) is 0. The second kappa shape index (κ2) is 13.6. The van der Waals surface area contributed by atoms with Crippen molar-refractivity contribution in [2.45, 2.75) is 6.92 Å². The van der Waals surface area contributed by atoms with Crippen molar-refractivity contribution in [2.75, 3.05) is 6.61 Å². The first-order valence-electron chi connectivity index (χ1n) is 7.39. The van der Waals surface area contributed by atoms with Crippen LogP contribution >= 0.6 is 19.5 Å². The minimum absolute atomic E-state index is 0.276. The average Bonchev–Trinajstić information content (AvgIpc) is 2.72. The Kier molecular flexibility index (Phi) is 11.7. The van der Waals surface area contributed by atoms with Gasteiger partial charge in [0.1, 0.15) is 0 Å². The summed E-state index contributed by atoms with van der Waals surface area (Å²) in [5.41, 5.74) is 2.40. The Bertz CT molecular complexity index is 676. The number of carbonyl (C=O) groups is 1. The van der Waals surface area contributed by atoms with E-state index in [1.807, 2.05) is 55.9 Å². The average molecular weight is 539 g/mol. The number of aromatic nitrogens is 2. The van der Waals surface area contributed by atoms with Crippen LogP contribution in [-0.2, 0) is 20.3 Å². The van der Waals surface area contributed by atoms with Crippen LogP contribution in [0.2, 0.25) is 0 Å². The van der Waals surface area contributed by atoms with E-state index in [0.717, 1.165) is 11.4 Å². The zero-order chi connectivity index (χ0) is 18.3. The molecule has 3 rings (SSSR count). The second-order valence-electron chi connectivity index (χ2n) is 4.44. The van der Waals surface area contributed by atoms with Crippen molar-refractivity contribution < 1.29 is 25.1 Å². The van der Waals surface area contributed by atoms with Crippen molar-refractivity contribution in [1.82, 2.24) is 9.97 Å². The van der Waals surface area contributed by atoms with Crippen molar-refractivity contribution in [3.8, 4) is 11.4 Å². The first-order valence-corrected chi connectivity index (χ1v) is 12.0. The van der Waals surface area contributed by atoms with Crippen molar-refractivity contribution >= 4 is 25.5 Å². The third-order valence-corrected chi connectivity index (χ3v) is 2.82. The molecule has 0 radical (unpaired) electrons. The molecule has 0 aliphatic carbocycles. The number of hydrogen-bond acceptors (Lipinski definition) is 4. The normalized spacial score (nSPS) is 8.96.